The summed E-state index contributed by atoms with van der Waals surface area (Å²) in [7, 11) is 0. The topological polar surface area (TPSA) is 59.0 Å². The van der Waals surface area contributed by atoms with E-state index in [1.54, 1.807) is 23.7 Å². The summed E-state index contributed by atoms with van der Waals surface area (Å²) in [5.41, 5.74) is 1.25. The molecule has 5 nitrogen and oxygen atoms in total. The largest absolute Gasteiger partial charge is 0.337 e. The maximum Gasteiger partial charge on any atom is 0.274 e. The first-order valence-electron chi connectivity index (χ1n) is 7.14. The molecule has 3 rings (SSSR count). The smallest absolute Gasteiger partial charge is 0.274 e. The van der Waals surface area contributed by atoms with Gasteiger partial charge in [0.2, 0.25) is 0 Å². The molecule has 0 aromatic carbocycles. The first-order chi connectivity index (χ1) is 10.1. The molecule has 0 radical (unpaired) electrons. The zero-order valence-electron chi connectivity index (χ0n) is 12.2. The van der Waals surface area contributed by atoms with Crippen LogP contribution in [0.25, 0.3) is 0 Å². The Hall–Kier alpha value is -1.82. The lowest BCUT2D eigenvalue weighted by Gasteiger charge is -2.31. The van der Waals surface area contributed by atoms with Crippen LogP contribution in [0.5, 0.6) is 0 Å². The number of aromatic nitrogens is 3. The number of likely N-dealkylation sites (tertiary alicyclic amines) is 1. The van der Waals surface area contributed by atoms with Crippen molar-refractivity contribution in [3.8, 4) is 0 Å². The number of thiazole rings is 1. The SMILES string of the molecule is Cc1cnc(C(=O)N2CCC[C@@H](c3ncc(C)s3)C2)cn1. The standard InChI is InChI=1S/C15H18N4OS/c1-10-6-17-13(8-16-10)15(20)19-5-3-4-12(9-19)14-18-7-11(2)21-14/h6-8,12H,3-5,9H2,1-2H3/t12-/m1/s1. The third-order valence-electron chi connectivity index (χ3n) is 3.70. The van der Waals surface area contributed by atoms with E-state index in [4.69, 9.17) is 0 Å². The van der Waals surface area contributed by atoms with Crippen LogP contribution in [0.2, 0.25) is 0 Å². The van der Waals surface area contributed by atoms with E-state index in [1.807, 2.05) is 18.0 Å². The highest BCUT2D eigenvalue weighted by Gasteiger charge is 2.27. The predicted molar refractivity (Wildman–Crippen MR) is 81.5 cm³/mol. The van der Waals surface area contributed by atoms with E-state index in [0.717, 1.165) is 36.6 Å². The summed E-state index contributed by atoms with van der Waals surface area (Å²) in [6.45, 7) is 5.44. The average Bonchev–Trinajstić information content (AvgIpc) is 2.94. The van der Waals surface area contributed by atoms with Crippen molar-refractivity contribution in [2.75, 3.05) is 13.1 Å². The van der Waals surface area contributed by atoms with Crippen molar-refractivity contribution in [2.24, 2.45) is 0 Å². The Kier molecular flexibility index (Phi) is 3.96. The number of rotatable bonds is 2. The molecule has 0 unspecified atom stereocenters. The number of carbonyl (C=O) groups excluding carboxylic acids is 1. The van der Waals surface area contributed by atoms with Crippen molar-refractivity contribution < 1.29 is 4.79 Å². The van der Waals surface area contributed by atoms with Gasteiger partial charge in [-0.05, 0) is 26.7 Å². The van der Waals surface area contributed by atoms with Crippen LogP contribution in [0, 0.1) is 13.8 Å². The number of hydrogen-bond donors (Lipinski definition) is 0. The summed E-state index contributed by atoms with van der Waals surface area (Å²) in [6, 6.07) is 0. The van der Waals surface area contributed by atoms with Gasteiger partial charge in [0.15, 0.2) is 0 Å². The van der Waals surface area contributed by atoms with Crippen molar-refractivity contribution in [2.45, 2.75) is 32.6 Å². The molecule has 1 fully saturated rings. The molecule has 2 aromatic heterocycles. The van der Waals surface area contributed by atoms with Gasteiger partial charge in [0.25, 0.3) is 5.91 Å². The zero-order chi connectivity index (χ0) is 14.8. The van der Waals surface area contributed by atoms with Gasteiger partial charge in [-0.25, -0.2) is 9.97 Å². The average molecular weight is 302 g/mol. The molecule has 2 aromatic rings. The molecule has 0 bridgehead atoms. The minimum Gasteiger partial charge on any atom is -0.337 e. The Balaban J connectivity index is 1.73. The van der Waals surface area contributed by atoms with Crippen molar-refractivity contribution in [3.63, 3.8) is 0 Å². The van der Waals surface area contributed by atoms with E-state index in [-0.39, 0.29) is 5.91 Å². The van der Waals surface area contributed by atoms with E-state index < -0.39 is 0 Å². The van der Waals surface area contributed by atoms with Crippen molar-refractivity contribution in [1.82, 2.24) is 19.9 Å². The van der Waals surface area contributed by atoms with E-state index >= 15 is 0 Å². The molecule has 1 amide bonds. The lowest BCUT2D eigenvalue weighted by Crippen LogP contribution is -2.39. The minimum atomic E-state index is -0.0273. The van der Waals surface area contributed by atoms with E-state index in [2.05, 4.69) is 21.9 Å². The van der Waals surface area contributed by atoms with Crippen LogP contribution in [-0.2, 0) is 0 Å². The van der Waals surface area contributed by atoms with Gasteiger partial charge in [-0.15, -0.1) is 11.3 Å². The first-order valence-corrected chi connectivity index (χ1v) is 7.95. The van der Waals surface area contributed by atoms with Gasteiger partial charge in [-0.3, -0.25) is 9.78 Å². The fraction of sp³-hybridized carbons (Fsp3) is 0.467. The molecule has 1 saturated heterocycles. The molecule has 1 aliphatic heterocycles. The number of carbonyl (C=O) groups is 1. The number of nitrogens with zero attached hydrogens (tertiary/aromatic N) is 4. The second kappa shape index (κ2) is 5.89. The van der Waals surface area contributed by atoms with Gasteiger partial charge in [0, 0.05) is 36.3 Å². The summed E-state index contributed by atoms with van der Waals surface area (Å²) >= 11 is 1.73. The molecule has 0 saturated carbocycles. The van der Waals surface area contributed by atoms with E-state index in [1.165, 1.54) is 4.88 Å². The highest BCUT2D eigenvalue weighted by molar-refractivity contribution is 7.11. The third-order valence-corrected chi connectivity index (χ3v) is 4.77. The van der Waals surface area contributed by atoms with Gasteiger partial charge >= 0.3 is 0 Å². The maximum absolute atomic E-state index is 12.5. The van der Waals surface area contributed by atoms with Crippen LogP contribution in [0.4, 0.5) is 0 Å². The fourth-order valence-electron chi connectivity index (χ4n) is 2.59. The molecular weight excluding hydrogens is 284 g/mol. The molecule has 1 atom stereocenters. The number of amides is 1. The normalized spacial score (nSPS) is 18.8. The maximum atomic E-state index is 12.5. The van der Waals surface area contributed by atoms with Crippen molar-refractivity contribution in [1.29, 1.82) is 0 Å². The summed E-state index contributed by atoms with van der Waals surface area (Å²) in [5, 5.41) is 1.14. The Bertz CT molecular complexity index is 637. The quantitative estimate of drug-likeness (QED) is 0.855. The Morgan fingerprint density at radius 3 is 2.76 bits per heavy atom. The first kappa shape index (κ1) is 14.1. The molecule has 110 valence electrons. The predicted octanol–water partition coefficient (Wildman–Crippen LogP) is 2.57. The molecule has 0 aliphatic carbocycles. The van der Waals surface area contributed by atoms with Gasteiger partial charge in [0.05, 0.1) is 16.9 Å². The number of hydrogen-bond acceptors (Lipinski definition) is 5. The minimum absolute atomic E-state index is 0.0273. The van der Waals surface area contributed by atoms with Crippen LogP contribution in [-0.4, -0.2) is 38.8 Å². The zero-order valence-corrected chi connectivity index (χ0v) is 13.1. The van der Waals surface area contributed by atoms with Crippen LogP contribution in [0.3, 0.4) is 0 Å². The van der Waals surface area contributed by atoms with Crippen molar-refractivity contribution >= 4 is 17.2 Å². The lowest BCUT2D eigenvalue weighted by atomic mass is 9.98. The second-order valence-corrected chi connectivity index (χ2v) is 6.71. The summed E-state index contributed by atoms with van der Waals surface area (Å²) in [6.07, 6.45) is 7.21. The highest BCUT2D eigenvalue weighted by Crippen LogP contribution is 2.30. The van der Waals surface area contributed by atoms with E-state index in [9.17, 15) is 4.79 Å². The Labute approximate surface area is 128 Å². The molecule has 1 aliphatic rings. The van der Waals surface area contributed by atoms with E-state index in [0.29, 0.717) is 11.6 Å². The molecule has 0 spiro atoms. The lowest BCUT2D eigenvalue weighted by molar-refractivity contribution is 0.0700. The Morgan fingerprint density at radius 2 is 2.10 bits per heavy atom. The molecule has 21 heavy (non-hydrogen) atoms. The molecule has 3 heterocycles. The van der Waals surface area contributed by atoms with Crippen LogP contribution in [0.15, 0.2) is 18.6 Å². The number of aryl methyl sites for hydroxylation is 2. The second-order valence-electron chi connectivity index (χ2n) is 5.44. The van der Waals surface area contributed by atoms with Crippen molar-refractivity contribution in [3.05, 3.63) is 39.9 Å². The van der Waals surface area contributed by atoms with Gasteiger partial charge in [-0.1, -0.05) is 0 Å². The van der Waals surface area contributed by atoms with Crippen LogP contribution in [0.1, 0.15) is 44.8 Å². The summed E-state index contributed by atoms with van der Waals surface area (Å²) in [4.78, 5) is 28.4. The highest BCUT2D eigenvalue weighted by atomic mass is 32.1. The fourth-order valence-corrected chi connectivity index (χ4v) is 3.49. The third kappa shape index (κ3) is 3.10. The van der Waals surface area contributed by atoms with Gasteiger partial charge in [-0.2, -0.15) is 0 Å². The molecule has 0 N–H and O–H groups in total. The molecular formula is C15H18N4OS. The van der Waals surface area contributed by atoms with Crippen LogP contribution < -0.4 is 0 Å². The summed E-state index contributed by atoms with van der Waals surface area (Å²) in [5.74, 6) is 0.320. The van der Waals surface area contributed by atoms with Crippen LogP contribution >= 0.6 is 11.3 Å². The Morgan fingerprint density at radius 1 is 1.24 bits per heavy atom. The van der Waals surface area contributed by atoms with Gasteiger partial charge in [0.1, 0.15) is 5.69 Å². The van der Waals surface area contributed by atoms with Gasteiger partial charge < -0.3 is 4.90 Å². The number of piperidine rings is 1. The summed E-state index contributed by atoms with van der Waals surface area (Å²) < 4.78 is 0. The monoisotopic (exact) mass is 302 g/mol. The molecule has 6 heteroatoms.